The number of nitrogens with two attached hydrogens (primary N) is 1. The molecule has 1 aromatic rings. The number of aromatic nitrogens is 1. The molecule has 1 aliphatic heterocycles. The van der Waals surface area contributed by atoms with Gasteiger partial charge < -0.3 is 15.4 Å². The van der Waals surface area contributed by atoms with Gasteiger partial charge in [-0.25, -0.2) is 4.98 Å². The Bertz CT molecular complexity index is 446. The summed E-state index contributed by atoms with van der Waals surface area (Å²) in [4.78, 5) is 16.4. The maximum absolute atomic E-state index is 10.8. The molecule has 0 bridgehead atoms. The highest BCUT2D eigenvalue weighted by atomic mass is 16.6. The third-order valence-corrected chi connectivity index (χ3v) is 3.13. The maximum atomic E-state index is 10.8. The van der Waals surface area contributed by atoms with Crippen molar-refractivity contribution >= 4 is 17.3 Å². The molecule has 1 fully saturated rings. The molecule has 0 spiro atoms. The molecule has 0 amide bonds. The minimum absolute atomic E-state index is 0.0311. The van der Waals surface area contributed by atoms with Crippen molar-refractivity contribution in [3.8, 4) is 0 Å². The lowest BCUT2D eigenvalue weighted by Crippen LogP contribution is -2.37. The fourth-order valence-electron chi connectivity index (χ4n) is 2.07. The van der Waals surface area contributed by atoms with Gasteiger partial charge in [0.05, 0.1) is 17.1 Å². The van der Waals surface area contributed by atoms with Gasteiger partial charge in [-0.1, -0.05) is 0 Å². The van der Waals surface area contributed by atoms with E-state index in [1.165, 1.54) is 12.1 Å². The highest BCUT2D eigenvalue weighted by molar-refractivity contribution is 5.54. The highest BCUT2D eigenvalue weighted by Crippen LogP contribution is 2.24. The Morgan fingerprint density at radius 1 is 1.50 bits per heavy atom. The van der Waals surface area contributed by atoms with Crippen molar-refractivity contribution < 1.29 is 9.66 Å². The molecule has 1 saturated heterocycles. The molecule has 0 unspecified atom stereocenters. The summed E-state index contributed by atoms with van der Waals surface area (Å²) in [6.45, 7) is 1.42. The summed E-state index contributed by atoms with van der Waals surface area (Å²) < 4.78 is 5.29. The van der Waals surface area contributed by atoms with Gasteiger partial charge in [0.1, 0.15) is 11.6 Å². The average Bonchev–Trinajstić information content (AvgIpc) is 2.38. The number of nitrogens with zero attached hydrogens (tertiary/aromatic N) is 3. The van der Waals surface area contributed by atoms with Crippen LogP contribution in [0, 0.1) is 10.1 Å². The number of pyridine rings is 1. The van der Waals surface area contributed by atoms with E-state index in [0.717, 1.165) is 12.8 Å². The molecule has 0 aliphatic carbocycles. The van der Waals surface area contributed by atoms with E-state index in [1.54, 1.807) is 0 Å². The number of nitro groups is 1. The van der Waals surface area contributed by atoms with Gasteiger partial charge in [-0.05, 0) is 12.8 Å². The largest absolute Gasteiger partial charge is 0.383 e. The summed E-state index contributed by atoms with van der Waals surface area (Å²) in [5.41, 5.74) is 5.57. The zero-order valence-electron chi connectivity index (χ0n) is 10.2. The van der Waals surface area contributed by atoms with Gasteiger partial charge in [0.2, 0.25) is 0 Å². The quantitative estimate of drug-likeness (QED) is 0.641. The van der Waals surface area contributed by atoms with Gasteiger partial charge in [0.15, 0.2) is 0 Å². The summed E-state index contributed by atoms with van der Waals surface area (Å²) >= 11 is 0. The maximum Gasteiger partial charge on any atom is 0.276 e. The van der Waals surface area contributed by atoms with Gasteiger partial charge in [0.25, 0.3) is 5.69 Å². The van der Waals surface area contributed by atoms with Gasteiger partial charge >= 0.3 is 0 Å². The fourth-order valence-corrected chi connectivity index (χ4v) is 2.07. The summed E-state index contributed by atoms with van der Waals surface area (Å²) in [5, 5.41) is 10.8. The molecule has 1 aliphatic rings. The van der Waals surface area contributed by atoms with Crippen molar-refractivity contribution in [3.05, 3.63) is 22.2 Å². The average molecular weight is 252 g/mol. The summed E-state index contributed by atoms with van der Waals surface area (Å²) in [6, 6.07) is 3.00. The predicted molar refractivity (Wildman–Crippen MR) is 67.5 cm³/mol. The number of hydrogen-bond donors (Lipinski definition) is 1. The van der Waals surface area contributed by atoms with E-state index in [4.69, 9.17) is 10.5 Å². The Morgan fingerprint density at radius 3 is 2.78 bits per heavy atom. The molecule has 98 valence electrons. The van der Waals surface area contributed by atoms with E-state index in [0.29, 0.717) is 19.0 Å². The van der Waals surface area contributed by atoms with Crippen LogP contribution in [0.15, 0.2) is 12.1 Å². The molecule has 18 heavy (non-hydrogen) atoms. The molecule has 1 aromatic heterocycles. The van der Waals surface area contributed by atoms with Crippen molar-refractivity contribution in [2.24, 2.45) is 0 Å². The van der Waals surface area contributed by atoms with Crippen LogP contribution in [0.1, 0.15) is 12.8 Å². The topological polar surface area (TPSA) is 94.5 Å². The van der Waals surface area contributed by atoms with Crippen LogP contribution in [0.25, 0.3) is 0 Å². The molecule has 2 N–H and O–H groups in total. The van der Waals surface area contributed by atoms with E-state index in [-0.39, 0.29) is 17.5 Å². The summed E-state index contributed by atoms with van der Waals surface area (Å²) in [7, 11) is 1.88. The van der Waals surface area contributed by atoms with E-state index < -0.39 is 4.92 Å². The first-order chi connectivity index (χ1) is 8.58. The molecular weight excluding hydrogens is 236 g/mol. The Labute approximate surface area is 105 Å². The fraction of sp³-hybridized carbons (Fsp3) is 0.545. The molecule has 7 nitrogen and oxygen atoms in total. The lowest BCUT2D eigenvalue weighted by Gasteiger charge is -2.31. The zero-order chi connectivity index (χ0) is 13.1. The minimum atomic E-state index is -0.459. The van der Waals surface area contributed by atoms with Crippen LogP contribution in [0.5, 0.6) is 0 Å². The van der Waals surface area contributed by atoms with Crippen molar-refractivity contribution in [2.75, 3.05) is 30.9 Å². The normalized spacial score (nSPS) is 16.5. The van der Waals surface area contributed by atoms with Crippen LogP contribution < -0.4 is 10.6 Å². The molecule has 7 heteroatoms. The van der Waals surface area contributed by atoms with Crippen molar-refractivity contribution in [2.45, 2.75) is 18.9 Å². The number of nitrogen functional groups attached to an aromatic ring is 1. The highest BCUT2D eigenvalue weighted by Gasteiger charge is 2.21. The minimum Gasteiger partial charge on any atom is -0.383 e. The van der Waals surface area contributed by atoms with Crippen LogP contribution in [0.2, 0.25) is 0 Å². The van der Waals surface area contributed by atoms with E-state index >= 15 is 0 Å². The third-order valence-electron chi connectivity index (χ3n) is 3.13. The van der Waals surface area contributed by atoms with Gasteiger partial charge in [-0.3, -0.25) is 10.1 Å². The van der Waals surface area contributed by atoms with Crippen LogP contribution in [-0.2, 0) is 4.74 Å². The van der Waals surface area contributed by atoms with Gasteiger partial charge in [0, 0.05) is 26.3 Å². The van der Waals surface area contributed by atoms with E-state index in [2.05, 4.69) is 4.98 Å². The number of rotatable bonds is 3. The van der Waals surface area contributed by atoms with E-state index in [1.807, 2.05) is 11.9 Å². The Morgan fingerprint density at radius 2 is 2.17 bits per heavy atom. The number of hydrogen-bond acceptors (Lipinski definition) is 6. The SMILES string of the molecule is CN(c1cc([N+](=O)[O-])cc(N)n1)C1CCOCC1. The van der Waals surface area contributed by atoms with Crippen LogP contribution >= 0.6 is 0 Å². The lowest BCUT2D eigenvalue weighted by atomic mass is 10.1. The molecule has 0 aromatic carbocycles. The second-order valence-corrected chi connectivity index (χ2v) is 4.32. The first-order valence-corrected chi connectivity index (χ1v) is 5.80. The van der Waals surface area contributed by atoms with Crippen molar-refractivity contribution in [1.29, 1.82) is 0 Å². The molecule has 0 radical (unpaired) electrons. The van der Waals surface area contributed by atoms with Crippen molar-refractivity contribution in [3.63, 3.8) is 0 Å². The van der Waals surface area contributed by atoms with E-state index in [9.17, 15) is 10.1 Å². The molecular formula is C11H16N4O3. The number of ether oxygens (including phenoxy) is 1. The first kappa shape index (κ1) is 12.6. The van der Waals surface area contributed by atoms with Crippen LogP contribution in [0.4, 0.5) is 17.3 Å². The monoisotopic (exact) mass is 252 g/mol. The van der Waals surface area contributed by atoms with Gasteiger partial charge in [-0.2, -0.15) is 0 Å². The second-order valence-electron chi connectivity index (χ2n) is 4.32. The first-order valence-electron chi connectivity index (χ1n) is 5.80. The van der Waals surface area contributed by atoms with Crippen LogP contribution in [0.3, 0.4) is 0 Å². The lowest BCUT2D eigenvalue weighted by molar-refractivity contribution is -0.384. The smallest absolute Gasteiger partial charge is 0.276 e. The third kappa shape index (κ3) is 2.67. The number of anilines is 2. The summed E-state index contributed by atoms with van der Waals surface area (Å²) in [6.07, 6.45) is 1.78. The Hall–Kier alpha value is -1.89. The molecule has 2 heterocycles. The second kappa shape index (κ2) is 5.18. The molecule has 0 saturated carbocycles. The van der Waals surface area contributed by atoms with Gasteiger partial charge in [-0.15, -0.1) is 0 Å². The predicted octanol–water partition coefficient (Wildman–Crippen LogP) is 1.19. The molecule has 2 rings (SSSR count). The molecule has 0 atom stereocenters. The van der Waals surface area contributed by atoms with Crippen molar-refractivity contribution in [1.82, 2.24) is 4.98 Å². The summed E-state index contributed by atoms with van der Waals surface area (Å²) in [5.74, 6) is 0.701. The van der Waals surface area contributed by atoms with Crippen LogP contribution in [-0.4, -0.2) is 36.2 Å². The Kier molecular flexibility index (Phi) is 3.61. The standard InChI is InChI=1S/C11H16N4O3/c1-14(8-2-4-18-5-3-8)11-7-9(15(16)17)6-10(12)13-11/h6-8H,2-5H2,1H3,(H2,12,13). The Balaban J connectivity index is 2.23. The zero-order valence-corrected chi connectivity index (χ0v) is 10.2.